The average molecular weight is 374 g/mol. The van der Waals surface area contributed by atoms with Gasteiger partial charge in [-0.3, -0.25) is 0 Å². The molecule has 0 atom stereocenters. The zero-order valence-corrected chi connectivity index (χ0v) is 16.3. The van der Waals surface area contributed by atoms with E-state index >= 15 is 0 Å². The maximum Gasteiger partial charge on any atom is 0.112 e. The van der Waals surface area contributed by atoms with Crippen LogP contribution in [0.1, 0.15) is 37.0 Å². The Morgan fingerprint density at radius 3 is 2.65 bits per heavy atom. The summed E-state index contributed by atoms with van der Waals surface area (Å²) < 4.78 is 0. The molecule has 1 aliphatic rings. The third kappa shape index (κ3) is 4.83. The highest BCUT2D eigenvalue weighted by Gasteiger charge is 2.20. The Balaban J connectivity index is 0.00000132. The predicted molar refractivity (Wildman–Crippen MR) is 105 cm³/mol. The van der Waals surface area contributed by atoms with Gasteiger partial charge in [0.2, 0.25) is 0 Å². The van der Waals surface area contributed by atoms with Gasteiger partial charge >= 0.3 is 0 Å². The molecule has 6 heteroatoms. The van der Waals surface area contributed by atoms with E-state index in [2.05, 4.69) is 60.6 Å². The maximum atomic E-state index is 4.84. The zero-order valence-electron chi connectivity index (χ0n) is 13.8. The fraction of sp³-hybridized carbons (Fsp3) is 0.471. The summed E-state index contributed by atoms with van der Waals surface area (Å²) in [6, 6.07) is 8.67. The van der Waals surface area contributed by atoms with Crippen LogP contribution in [0.4, 0.5) is 5.69 Å². The average Bonchev–Trinajstić information content (AvgIpc) is 2.82. The molecule has 1 aliphatic heterocycles. The van der Waals surface area contributed by atoms with Crippen LogP contribution in [0.5, 0.6) is 0 Å². The van der Waals surface area contributed by atoms with Gasteiger partial charge in [-0.15, -0.1) is 36.2 Å². The van der Waals surface area contributed by atoms with Crippen LogP contribution in [0.3, 0.4) is 0 Å². The monoisotopic (exact) mass is 373 g/mol. The maximum absolute atomic E-state index is 4.84. The summed E-state index contributed by atoms with van der Waals surface area (Å²) in [6.07, 6.45) is 0. The fourth-order valence-electron chi connectivity index (χ4n) is 2.58. The van der Waals surface area contributed by atoms with Crippen LogP contribution in [-0.2, 0) is 18.5 Å². The van der Waals surface area contributed by atoms with Gasteiger partial charge in [0.05, 0.1) is 12.2 Å². The van der Waals surface area contributed by atoms with Crippen molar-refractivity contribution in [3.63, 3.8) is 0 Å². The van der Waals surface area contributed by atoms with E-state index in [-0.39, 0.29) is 30.2 Å². The first-order valence-corrected chi connectivity index (χ1v) is 8.40. The molecular formula is C17H25Cl2N3S. The highest BCUT2D eigenvalue weighted by atomic mass is 35.5. The smallest absolute Gasteiger partial charge is 0.112 e. The van der Waals surface area contributed by atoms with Crippen molar-refractivity contribution in [3.8, 4) is 0 Å². The van der Waals surface area contributed by atoms with Crippen molar-refractivity contribution in [2.45, 2.75) is 39.3 Å². The Bertz CT molecular complexity index is 622. The first-order valence-electron chi connectivity index (χ1n) is 7.52. The molecule has 23 heavy (non-hydrogen) atoms. The Hall–Kier alpha value is -0.810. The molecule has 2 heterocycles. The summed E-state index contributed by atoms with van der Waals surface area (Å²) in [6.45, 7) is 10.6. The fourth-order valence-corrected chi connectivity index (χ4v) is 3.62. The summed E-state index contributed by atoms with van der Waals surface area (Å²) in [5.41, 5.74) is 4.05. The summed E-state index contributed by atoms with van der Waals surface area (Å²) >= 11 is 1.78. The van der Waals surface area contributed by atoms with Gasteiger partial charge in [0.25, 0.3) is 0 Å². The molecule has 128 valence electrons. The summed E-state index contributed by atoms with van der Waals surface area (Å²) in [5.74, 6) is 0. The zero-order chi connectivity index (χ0) is 14.9. The van der Waals surface area contributed by atoms with Crippen molar-refractivity contribution in [2.75, 3.05) is 18.0 Å². The summed E-state index contributed by atoms with van der Waals surface area (Å²) in [7, 11) is 0. The number of hydrogen-bond donors (Lipinski definition) is 1. The second kappa shape index (κ2) is 8.34. The van der Waals surface area contributed by atoms with Crippen molar-refractivity contribution in [3.05, 3.63) is 45.9 Å². The Kier molecular flexibility index (Phi) is 7.33. The molecule has 0 unspecified atom stereocenters. The highest BCUT2D eigenvalue weighted by molar-refractivity contribution is 7.09. The number of fused-ring (bicyclic) bond motifs is 1. The molecule has 0 fully saturated rings. The Labute approximate surface area is 155 Å². The Morgan fingerprint density at radius 1 is 1.22 bits per heavy atom. The van der Waals surface area contributed by atoms with Crippen LogP contribution in [-0.4, -0.2) is 18.1 Å². The Morgan fingerprint density at radius 2 is 1.96 bits per heavy atom. The second-order valence-electron chi connectivity index (χ2n) is 6.60. The first-order chi connectivity index (χ1) is 10.0. The third-order valence-electron chi connectivity index (χ3n) is 3.85. The van der Waals surface area contributed by atoms with E-state index < -0.39 is 0 Å². The number of hydrogen-bond acceptors (Lipinski definition) is 4. The van der Waals surface area contributed by atoms with Gasteiger partial charge in [-0.25, -0.2) is 4.98 Å². The largest absolute Gasteiger partial charge is 0.363 e. The molecule has 1 aromatic heterocycles. The molecular weight excluding hydrogens is 349 g/mol. The number of benzene rings is 1. The van der Waals surface area contributed by atoms with Gasteiger partial charge in [-0.2, -0.15) is 0 Å². The molecule has 1 aromatic carbocycles. The molecule has 0 spiro atoms. The molecule has 0 amide bonds. The van der Waals surface area contributed by atoms with Crippen molar-refractivity contribution in [1.82, 2.24) is 10.3 Å². The number of nitrogens with zero attached hydrogens (tertiary/aromatic N) is 2. The van der Waals surface area contributed by atoms with Gasteiger partial charge < -0.3 is 10.2 Å². The van der Waals surface area contributed by atoms with Crippen LogP contribution in [0.2, 0.25) is 0 Å². The molecule has 0 bridgehead atoms. The number of thiazole rings is 1. The number of halogens is 2. The van der Waals surface area contributed by atoms with Crippen molar-refractivity contribution >= 4 is 41.8 Å². The lowest BCUT2D eigenvalue weighted by Crippen LogP contribution is -2.28. The van der Waals surface area contributed by atoms with Crippen LogP contribution >= 0.6 is 36.2 Å². The van der Waals surface area contributed by atoms with Gasteiger partial charge in [-0.1, -0.05) is 39.0 Å². The number of aromatic nitrogens is 1. The van der Waals surface area contributed by atoms with Crippen molar-refractivity contribution in [1.29, 1.82) is 0 Å². The first kappa shape index (κ1) is 20.2. The van der Waals surface area contributed by atoms with E-state index in [1.54, 1.807) is 11.3 Å². The lowest BCUT2D eigenvalue weighted by Gasteiger charge is -2.23. The minimum absolute atomic E-state index is 0. The van der Waals surface area contributed by atoms with E-state index in [1.807, 2.05) is 0 Å². The van der Waals surface area contributed by atoms with Crippen LogP contribution in [0.15, 0.2) is 29.6 Å². The predicted octanol–water partition coefficient (Wildman–Crippen LogP) is 4.39. The minimum atomic E-state index is 0. The van der Waals surface area contributed by atoms with Gasteiger partial charge in [-0.05, 0) is 11.6 Å². The SMILES string of the molecule is CC(C)(C)c1csc(CN2CCNCc3ccccc32)n1.Cl.Cl. The topological polar surface area (TPSA) is 28.2 Å². The highest BCUT2D eigenvalue weighted by Crippen LogP contribution is 2.27. The second-order valence-corrected chi connectivity index (χ2v) is 7.55. The lowest BCUT2D eigenvalue weighted by molar-refractivity contribution is 0.570. The molecule has 0 saturated carbocycles. The van der Waals surface area contributed by atoms with Gasteiger partial charge in [0, 0.05) is 36.1 Å². The molecule has 3 nitrogen and oxygen atoms in total. The van der Waals surface area contributed by atoms with E-state index in [4.69, 9.17) is 4.98 Å². The minimum Gasteiger partial charge on any atom is -0.363 e. The third-order valence-corrected chi connectivity index (χ3v) is 4.69. The van der Waals surface area contributed by atoms with Gasteiger partial charge in [0.1, 0.15) is 5.01 Å². The molecule has 0 aliphatic carbocycles. The van der Waals surface area contributed by atoms with Crippen molar-refractivity contribution in [2.24, 2.45) is 0 Å². The van der Waals surface area contributed by atoms with E-state index in [0.29, 0.717) is 0 Å². The summed E-state index contributed by atoms with van der Waals surface area (Å²) in [5, 5.41) is 6.90. The molecule has 3 rings (SSSR count). The number of nitrogens with one attached hydrogen (secondary N) is 1. The number of para-hydroxylation sites is 1. The molecule has 2 aromatic rings. The molecule has 0 radical (unpaired) electrons. The molecule has 0 saturated heterocycles. The van der Waals surface area contributed by atoms with Crippen LogP contribution in [0.25, 0.3) is 0 Å². The van der Waals surface area contributed by atoms with E-state index in [0.717, 1.165) is 26.2 Å². The molecule has 1 N–H and O–H groups in total. The quantitative estimate of drug-likeness (QED) is 0.845. The normalized spacial score (nSPS) is 14.3. The van der Waals surface area contributed by atoms with Crippen molar-refractivity contribution < 1.29 is 0 Å². The van der Waals surface area contributed by atoms with Crippen LogP contribution in [0, 0.1) is 0 Å². The summed E-state index contributed by atoms with van der Waals surface area (Å²) in [4.78, 5) is 7.28. The lowest BCUT2D eigenvalue weighted by atomic mass is 9.93. The standard InChI is InChI=1S/C17H23N3S.2ClH/c1-17(2,3)15-12-21-16(19-15)11-20-9-8-18-10-13-6-4-5-7-14(13)20;;/h4-7,12,18H,8-11H2,1-3H3;2*1H. The van der Waals surface area contributed by atoms with E-state index in [9.17, 15) is 0 Å². The van der Waals surface area contributed by atoms with Crippen LogP contribution < -0.4 is 10.2 Å². The van der Waals surface area contributed by atoms with E-state index in [1.165, 1.54) is 22.0 Å². The number of rotatable bonds is 2. The van der Waals surface area contributed by atoms with Gasteiger partial charge in [0.15, 0.2) is 0 Å². The number of anilines is 1.